The van der Waals surface area contributed by atoms with Crippen LogP contribution in [0.2, 0.25) is 10.0 Å². The molecule has 0 fully saturated rings. The molecule has 1 atom stereocenters. The Morgan fingerprint density at radius 3 is 2.28 bits per heavy atom. The normalized spacial score (nSPS) is 12.0. The summed E-state index contributed by atoms with van der Waals surface area (Å²) in [6, 6.07) is 18.5. The van der Waals surface area contributed by atoms with Gasteiger partial charge in [0.2, 0.25) is 11.8 Å². The molecule has 3 aromatic rings. The zero-order valence-electron chi connectivity index (χ0n) is 19.5. The van der Waals surface area contributed by atoms with E-state index in [9.17, 15) is 18.0 Å². The van der Waals surface area contributed by atoms with Crippen LogP contribution in [0.5, 0.6) is 0 Å². The van der Waals surface area contributed by atoms with Gasteiger partial charge >= 0.3 is 0 Å². The van der Waals surface area contributed by atoms with Gasteiger partial charge in [-0.3, -0.25) is 13.9 Å². The van der Waals surface area contributed by atoms with Crippen LogP contribution in [0.1, 0.15) is 12.5 Å². The Kier molecular flexibility index (Phi) is 9.41. The van der Waals surface area contributed by atoms with E-state index in [1.807, 2.05) is 24.3 Å². The van der Waals surface area contributed by atoms with Gasteiger partial charge in [0.1, 0.15) is 12.6 Å². The Morgan fingerprint density at radius 1 is 0.972 bits per heavy atom. The fraction of sp³-hybridized carbons (Fsp3) is 0.200. The third-order valence-corrected chi connectivity index (χ3v) is 8.48. The number of carbonyl (C=O) groups is 2. The summed E-state index contributed by atoms with van der Waals surface area (Å²) in [7, 11) is -2.69. The number of sulfonamides is 1. The largest absolute Gasteiger partial charge is 0.357 e. The van der Waals surface area contributed by atoms with Gasteiger partial charge < -0.3 is 10.2 Å². The molecule has 0 spiro atoms. The minimum Gasteiger partial charge on any atom is -0.357 e. The summed E-state index contributed by atoms with van der Waals surface area (Å²) >= 11 is 15.6. The van der Waals surface area contributed by atoms with Gasteiger partial charge in [0, 0.05) is 18.1 Å². The maximum atomic E-state index is 13.7. The second-order valence-corrected chi connectivity index (χ2v) is 11.5. The van der Waals surface area contributed by atoms with Crippen LogP contribution in [0.15, 0.2) is 82.2 Å². The lowest BCUT2D eigenvalue weighted by molar-refractivity contribution is -0.139. The number of carbonyl (C=O) groups excluding carboxylic acids is 2. The number of hydrogen-bond acceptors (Lipinski definition) is 4. The van der Waals surface area contributed by atoms with Crippen molar-refractivity contribution in [1.29, 1.82) is 0 Å². The van der Waals surface area contributed by atoms with Crippen molar-refractivity contribution in [2.24, 2.45) is 0 Å². The number of anilines is 1. The van der Waals surface area contributed by atoms with Crippen molar-refractivity contribution in [2.45, 2.75) is 24.4 Å². The monoisotopic (exact) mass is 611 g/mol. The van der Waals surface area contributed by atoms with Crippen LogP contribution in [0, 0.1) is 0 Å². The first-order valence-corrected chi connectivity index (χ1v) is 13.8. The van der Waals surface area contributed by atoms with Gasteiger partial charge in [0.15, 0.2) is 0 Å². The molecule has 0 aromatic heterocycles. The predicted molar refractivity (Wildman–Crippen MR) is 146 cm³/mol. The van der Waals surface area contributed by atoms with E-state index in [-0.39, 0.29) is 33.1 Å². The van der Waals surface area contributed by atoms with E-state index >= 15 is 0 Å². The lowest BCUT2D eigenvalue weighted by atomic mass is 10.1. The zero-order valence-corrected chi connectivity index (χ0v) is 23.4. The molecular formula is C25H24BrCl2N3O4S. The first-order valence-electron chi connectivity index (χ1n) is 10.8. The molecule has 0 saturated carbocycles. The summed E-state index contributed by atoms with van der Waals surface area (Å²) < 4.78 is 29.1. The smallest absolute Gasteiger partial charge is 0.264 e. The van der Waals surface area contributed by atoms with Gasteiger partial charge in [0.25, 0.3) is 10.0 Å². The highest BCUT2D eigenvalue weighted by Crippen LogP contribution is 2.31. The highest BCUT2D eigenvalue weighted by molar-refractivity contribution is 9.10. The summed E-state index contributed by atoms with van der Waals surface area (Å²) in [6.45, 7) is 1.11. The van der Waals surface area contributed by atoms with Crippen molar-refractivity contribution in [3.8, 4) is 0 Å². The maximum absolute atomic E-state index is 13.7. The van der Waals surface area contributed by atoms with E-state index in [2.05, 4.69) is 21.2 Å². The summed E-state index contributed by atoms with van der Waals surface area (Å²) in [5.41, 5.74) is 0.928. The summed E-state index contributed by atoms with van der Waals surface area (Å²) in [4.78, 5) is 27.5. The number of rotatable bonds is 9. The third kappa shape index (κ3) is 6.59. The molecule has 190 valence electrons. The van der Waals surface area contributed by atoms with Crippen molar-refractivity contribution < 1.29 is 18.0 Å². The number of amides is 2. The predicted octanol–water partition coefficient (Wildman–Crippen LogP) is 5.11. The van der Waals surface area contributed by atoms with Crippen molar-refractivity contribution in [3.05, 3.63) is 92.9 Å². The Balaban J connectivity index is 2.05. The molecule has 0 aliphatic carbocycles. The average molecular weight is 613 g/mol. The summed E-state index contributed by atoms with van der Waals surface area (Å²) in [5, 5.41) is 2.93. The van der Waals surface area contributed by atoms with Crippen LogP contribution in [0.25, 0.3) is 0 Å². The van der Waals surface area contributed by atoms with E-state index in [4.69, 9.17) is 23.2 Å². The van der Waals surface area contributed by atoms with E-state index in [1.165, 1.54) is 42.3 Å². The van der Waals surface area contributed by atoms with Gasteiger partial charge in [0.05, 0.1) is 20.6 Å². The Morgan fingerprint density at radius 2 is 1.67 bits per heavy atom. The van der Waals surface area contributed by atoms with Crippen LogP contribution in [-0.2, 0) is 26.2 Å². The van der Waals surface area contributed by atoms with Gasteiger partial charge in [-0.1, -0.05) is 69.5 Å². The lowest BCUT2D eigenvalue weighted by Gasteiger charge is -2.32. The van der Waals surface area contributed by atoms with Crippen molar-refractivity contribution in [2.75, 3.05) is 17.9 Å². The minimum absolute atomic E-state index is 0.00163. The molecule has 2 amide bonds. The summed E-state index contributed by atoms with van der Waals surface area (Å²) in [6.07, 6.45) is 0. The zero-order chi connectivity index (χ0) is 26.5. The van der Waals surface area contributed by atoms with Crippen molar-refractivity contribution in [3.63, 3.8) is 0 Å². The molecule has 0 heterocycles. The van der Waals surface area contributed by atoms with Crippen LogP contribution in [-0.4, -0.2) is 44.8 Å². The van der Waals surface area contributed by atoms with Gasteiger partial charge in [-0.25, -0.2) is 8.42 Å². The molecule has 3 rings (SSSR count). The standard InChI is InChI=1S/C25H24BrCl2N3O4S/c1-17(25(33)29-2)30(15-18-7-6-8-19(26)13-18)24(32)16-31(20-11-12-22(27)23(28)14-20)36(34,35)21-9-4-3-5-10-21/h3-14,17H,15-16H2,1-2H3,(H,29,33). The molecule has 1 unspecified atom stereocenters. The summed E-state index contributed by atoms with van der Waals surface area (Å²) in [5.74, 6) is -0.956. The molecule has 36 heavy (non-hydrogen) atoms. The molecule has 0 radical (unpaired) electrons. The quantitative estimate of drug-likeness (QED) is 0.364. The fourth-order valence-electron chi connectivity index (χ4n) is 3.51. The molecule has 7 nitrogen and oxygen atoms in total. The molecule has 11 heteroatoms. The van der Waals surface area contributed by atoms with E-state index < -0.39 is 28.5 Å². The van der Waals surface area contributed by atoms with E-state index in [1.54, 1.807) is 25.1 Å². The number of nitrogens with one attached hydrogen (secondary N) is 1. The number of halogens is 3. The number of benzene rings is 3. The van der Waals surface area contributed by atoms with Gasteiger partial charge in [-0.05, 0) is 55.0 Å². The van der Waals surface area contributed by atoms with E-state index in [0.717, 1.165) is 14.3 Å². The number of hydrogen-bond donors (Lipinski definition) is 1. The highest BCUT2D eigenvalue weighted by Gasteiger charge is 2.32. The third-order valence-electron chi connectivity index (χ3n) is 5.46. The minimum atomic E-state index is -4.17. The fourth-order valence-corrected chi connectivity index (χ4v) is 5.68. The van der Waals surface area contributed by atoms with E-state index in [0.29, 0.717) is 0 Å². The molecular weight excluding hydrogens is 589 g/mol. The van der Waals surface area contributed by atoms with Crippen LogP contribution in [0.3, 0.4) is 0 Å². The van der Waals surface area contributed by atoms with Gasteiger partial charge in [-0.15, -0.1) is 0 Å². The molecule has 0 aliphatic heterocycles. The van der Waals surface area contributed by atoms with Crippen LogP contribution < -0.4 is 9.62 Å². The topological polar surface area (TPSA) is 86.8 Å². The number of likely N-dealkylation sites (N-methyl/N-ethyl adjacent to an activating group) is 1. The molecule has 0 bridgehead atoms. The Hall–Kier alpha value is -2.59. The maximum Gasteiger partial charge on any atom is 0.264 e. The van der Waals surface area contributed by atoms with Crippen LogP contribution >= 0.6 is 39.1 Å². The Labute approximate surface area is 229 Å². The SMILES string of the molecule is CNC(=O)C(C)N(Cc1cccc(Br)c1)C(=O)CN(c1ccc(Cl)c(Cl)c1)S(=O)(=O)c1ccccc1. The molecule has 1 N–H and O–H groups in total. The molecule has 0 saturated heterocycles. The van der Waals surface area contributed by atoms with Crippen LogP contribution in [0.4, 0.5) is 5.69 Å². The molecule has 0 aliphatic rings. The second-order valence-electron chi connectivity index (χ2n) is 7.86. The highest BCUT2D eigenvalue weighted by atomic mass is 79.9. The van der Waals surface area contributed by atoms with Crippen molar-refractivity contribution in [1.82, 2.24) is 10.2 Å². The first-order chi connectivity index (χ1) is 17.0. The Bertz CT molecular complexity index is 1360. The molecule has 3 aromatic carbocycles. The van der Waals surface area contributed by atoms with Crippen molar-refractivity contribution >= 4 is 66.7 Å². The number of nitrogens with zero attached hydrogens (tertiary/aromatic N) is 2. The average Bonchev–Trinajstić information content (AvgIpc) is 2.87. The second kappa shape index (κ2) is 12.1. The van der Waals surface area contributed by atoms with Gasteiger partial charge in [-0.2, -0.15) is 0 Å². The lowest BCUT2D eigenvalue weighted by Crippen LogP contribution is -2.50. The first kappa shape index (κ1) is 28.0.